The molecule has 7 heteroatoms. The molecule has 134 valence electrons. The summed E-state index contributed by atoms with van der Waals surface area (Å²) in [6.45, 7) is 7.22. The van der Waals surface area contributed by atoms with Crippen LogP contribution in [0.15, 0.2) is 5.38 Å². The van der Waals surface area contributed by atoms with Crippen molar-refractivity contribution < 1.29 is 14.3 Å². The van der Waals surface area contributed by atoms with E-state index in [4.69, 9.17) is 9.47 Å². The number of hydrogen-bond acceptors (Lipinski definition) is 6. The summed E-state index contributed by atoms with van der Waals surface area (Å²) in [6.07, 6.45) is 3.24. The third-order valence-electron chi connectivity index (χ3n) is 5.04. The normalized spacial score (nSPS) is 24.7. The van der Waals surface area contributed by atoms with Gasteiger partial charge in [0, 0.05) is 50.8 Å². The zero-order valence-corrected chi connectivity index (χ0v) is 15.4. The fourth-order valence-corrected chi connectivity index (χ4v) is 4.19. The molecule has 0 bridgehead atoms. The second-order valence-corrected chi connectivity index (χ2v) is 7.92. The summed E-state index contributed by atoms with van der Waals surface area (Å²) in [6, 6.07) is 0. The molecular formula is C17H27N3O3S. The van der Waals surface area contributed by atoms with Crippen LogP contribution in [0, 0.1) is 11.3 Å². The van der Waals surface area contributed by atoms with Crippen LogP contribution in [-0.2, 0) is 9.47 Å². The second-order valence-electron chi connectivity index (χ2n) is 7.09. The molecule has 0 radical (unpaired) electrons. The van der Waals surface area contributed by atoms with E-state index in [9.17, 15) is 4.79 Å². The van der Waals surface area contributed by atoms with E-state index in [0.29, 0.717) is 23.6 Å². The molecule has 6 nitrogen and oxygen atoms in total. The zero-order valence-electron chi connectivity index (χ0n) is 14.5. The van der Waals surface area contributed by atoms with Gasteiger partial charge in [-0.3, -0.25) is 4.79 Å². The first kappa shape index (κ1) is 17.6. The van der Waals surface area contributed by atoms with Crippen molar-refractivity contribution in [1.29, 1.82) is 0 Å². The van der Waals surface area contributed by atoms with Gasteiger partial charge < -0.3 is 19.7 Å². The quantitative estimate of drug-likeness (QED) is 0.814. The van der Waals surface area contributed by atoms with Crippen molar-refractivity contribution in [1.82, 2.24) is 10.3 Å². The Hall–Kier alpha value is -1.18. The van der Waals surface area contributed by atoms with Crippen LogP contribution < -0.4 is 10.2 Å². The van der Waals surface area contributed by atoms with Crippen molar-refractivity contribution in [2.45, 2.75) is 26.2 Å². The highest BCUT2D eigenvalue weighted by Gasteiger charge is 2.42. The molecule has 2 fully saturated rings. The van der Waals surface area contributed by atoms with E-state index in [0.717, 1.165) is 57.3 Å². The molecule has 2 aliphatic heterocycles. The second kappa shape index (κ2) is 7.80. The predicted octanol–water partition coefficient (Wildman–Crippen LogP) is 2.16. The minimum atomic E-state index is -0.0834. The number of aromatic nitrogens is 1. The van der Waals surface area contributed by atoms with E-state index in [1.807, 2.05) is 5.38 Å². The Balaban J connectivity index is 1.51. The van der Waals surface area contributed by atoms with Crippen LogP contribution in [0.3, 0.4) is 0 Å². The van der Waals surface area contributed by atoms with E-state index < -0.39 is 0 Å². The fraction of sp³-hybridized carbons (Fsp3) is 0.765. The van der Waals surface area contributed by atoms with E-state index in [1.54, 1.807) is 18.4 Å². The van der Waals surface area contributed by atoms with Crippen molar-refractivity contribution in [2.24, 2.45) is 11.3 Å². The SMILES string of the molecule is COCCC(C)CNC(=O)c1csc(N2CCC3(CCOC3)C2)n1. The number of anilines is 1. The Labute approximate surface area is 147 Å². The molecule has 2 aliphatic rings. The number of carbonyl (C=O) groups is 1. The average Bonchev–Trinajstić information content (AvgIpc) is 3.32. The molecule has 2 atom stereocenters. The Kier molecular flexibility index (Phi) is 5.73. The van der Waals surface area contributed by atoms with Crippen molar-refractivity contribution in [2.75, 3.05) is 51.5 Å². The standard InChI is InChI=1S/C17H27N3O3S/c1-13(3-7-22-2)9-18-15(21)14-10-24-16(19-14)20-6-4-17(11-20)5-8-23-12-17/h10,13H,3-9,11-12H2,1-2H3,(H,18,21). The van der Waals surface area contributed by atoms with Crippen LogP contribution in [0.1, 0.15) is 36.7 Å². The maximum Gasteiger partial charge on any atom is 0.270 e. The van der Waals surface area contributed by atoms with Gasteiger partial charge in [0.2, 0.25) is 0 Å². The van der Waals surface area contributed by atoms with Crippen LogP contribution >= 0.6 is 11.3 Å². The highest BCUT2D eigenvalue weighted by molar-refractivity contribution is 7.13. The van der Waals surface area contributed by atoms with Crippen molar-refractivity contribution in [3.05, 3.63) is 11.1 Å². The summed E-state index contributed by atoms with van der Waals surface area (Å²) in [5, 5.41) is 5.79. The Morgan fingerprint density at radius 1 is 1.58 bits per heavy atom. The molecule has 1 aromatic heterocycles. The van der Waals surface area contributed by atoms with Gasteiger partial charge in [-0.2, -0.15) is 0 Å². The number of carbonyl (C=O) groups excluding carboxylic acids is 1. The topological polar surface area (TPSA) is 63.7 Å². The molecule has 1 spiro atoms. The number of methoxy groups -OCH3 is 1. The summed E-state index contributed by atoms with van der Waals surface area (Å²) < 4.78 is 10.6. The van der Waals surface area contributed by atoms with E-state index in [-0.39, 0.29) is 5.91 Å². The summed E-state index contributed by atoms with van der Waals surface area (Å²) in [5.74, 6) is 0.313. The van der Waals surface area contributed by atoms with Crippen LogP contribution in [0.25, 0.3) is 0 Å². The number of rotatable bonds is 7. The molecule has 0 saturated carbocycles. The number of nitrogens with one attached hydrogen (secondary N) is 1. The number of hydrogen-bond donors (Lipinski definition) is 1. The maximum atomic E-state index is 12.3. The lowest BCUT2D eigenvalue weighted by Crippen LogP contribution is -2.29. The monoisotopic (exact) mass is 353 g/mol. The van der Waals surface area contributed by atoms with Crippen LogP contribution in [0.2, 0.25) is 0 Å². The Bertz CT molecular complexity index is 557. The van der Waals surface area contributed by atoms with E-state index >= 15 is 0 Å². The first-order chi connectivity index (χ1) is 11.6. The van der Waals surface area contributed by atoms with Gasteiger partial charge in [-0.25, -0.2) is 4.98 Å². The fourth-order valence-electron chi connectivity index (χ4n) is 3.36. The highest BCUT2D eigenvalue weighted by Crippen LogP contribution is 2.40. The van der Waals surface area contributed by atoms with Gasteiger partial charge in [0.15, 0.2) is 5.13 Å². The number of nitrogens with zero attached hydrogens (tertiary/aromatic N) is 2. The third-order valence-corrected chi connectivity index (χ3v) is 5.95. The molecule has 0 aliphatic carbocycles. The van der Waals surface area contributed by atoms with Crippen LogP contribution in [0.4, 0.5) is 5.13 Å². The van der Waals surface area contributed by atoms with Gasteiger partial charge in [-0.05, 0) is 25.2 Å². The summed E-state index contributed by atoms with van der Waals surface area (Å²) in [4.78, 5) is 19.1. The third kappa shape index (κ3) is 4.07. The summed E-state index contributed by atoms with van der Waals surface area (Å²) in [7, 11) is 1.70. The summed E-state index contributed by atoms with van der Waals surface area (Å²) in [5.41, 5.74) is 0.836. The largest absolute Gasteiger partial charge is 0.385 e. The molecule has 3 rings (SSSR count). The molecule has 1 N–H and O–H groups in total. The maximum absolute atomic E-state index is 12.3. The van der Waals surface area contributed by atoms with Crippen LogP contribution in [-0.4, -0.2) is 57.5 Å². The molecular weight excluding hydrogens is 326 g/mol. The predicted molar refractivity (Wildman–Crippen MR) is 94.8 cm³/mol. The number of ether oxygens (including phenoxy) is 2. The van der Waals surface area contributed by atoms with E-state index in [1.165, 1.54) is 0 Å². The Morgan fingerprint density at radius 2 is 2.46 bits per heavy atom. The Morgan fingerprint density at radius 3 is 3.21 bits per heavy atom. The smallest absolute Gasteiger partial charge is 0.270 e. The molecule has 24 heavy (non-hydrogen) atoms. The average molecular weight is 353 g/mol. The van der Waals surface area contributed by atoms with Crippen LogP contribution in [0.5, 0.6) is 0 Å². The lowest BCUT2D eigenvalue weighted by Gasteiger charge is -2.21. The molecule has 0 aromatic carbocycles. The molecule has 1 amide bonds. The zero-order chi connectivity index (χ0) is 17.0. The van der Waals surface area contributed by atoms with Crippen molar-refractivity contribution >= 4 is 22.4 Å². The van der Waals surface area contributed by atoms with Gasteiger partial charge in [0.1, 0.15) is 5.69 Å². The highest BCUT2D eigenvalue weighted by atomic mass is 32.1. The lowest BCUT2D eigenvalue weighted by molar-refractivity contribution is 0.0939. The van der Waals surface area contributed by atoms with Gasteiger partial charge >= 0.3 is 0 Å². The minimum Gasteiger partial charge on any atom is -0.385 e. The molecule has 3 heterocycles. The first-order valence-electron chi connectivity index (χ1n) is 8.67. The molecule has 1 aromatic rings. The lowest BCUT2D eigenvalue weighted by atomic mass is 9.87. The van der Waals surface area contributed by atoms with E-state index in [2.05, 4.69) is 22.1 Å². The van der Waals surface area contributed by atoms with Crippen molar-refractivity contribution in [3.63, 3.8) is 0 Å². The van der Waals surface area contributed by atoms with Crippen molar-refractivity contribution in [3.8, 4) is 0 Å². The number of amides is 1. The molecule has 2 saturated heterocycles. The minimum absolute atomic E-state index is 0.0834. The van der Waals surface area contributed by atoms with Gasteiger partial charge in [-0.1, -0.05) is 6.92 Å². The summed E-state index contributed by atoms with van der Waals surface area (Å²) >= 11 is 1.56. The van der Waals surface area contributed by atoms with Gasteiger partial charge in [-0.15, -0.1) is 11.3 Å². The first-order valence-corrected chi connectivity index (χ1v) is 9.55. The van der Waals surface area contributed by atoms with Gasteiger partial charge in [0.25, 0.3) is 5.91 Å². The molecule has 2 unspecified atom stereocenters. The van der Waals surface area contributed by atoms with Gasteiger partial charge in [0.05, 0.1) is 6.61 Å². The number of thiazole rings is 1.